The van der Waals surface area contributed by atoms with Gasteiger partial charge in [0, 0.05) is 6.20 Å². The molecule has 0 saturated heterocycles. The molecule has 0 aliphatic rings. The minimum absolute atomic E-state index is 0.194. The van der Waals surface area contributed by atoms with E-state index >= 15 is 0 Å². The highest BCUT2D eigenvalue weighted by Gasteiger charge is 2.19. The number of nitrogens with zero attached hydrogens (tertiary/aromatic N) is 1. The number of carbonyl (C=O) groups is 2. The highest BCUT2D eigenvalue weighted by Crippen LogP contribution is 2.24. The van der Waals surface area contributed by atoms with E-state index in [4.69, 9.17) is 4.74 Å². The molecule has 2 heterocycles. The van der Waals surface area contributed by atoms with E-state index < -0.39 is 5.97 Å². The highest BCUT2D eigenvalue weighted by atomic mass is 32.1. The van der Waals surface area contributed by atoms with Crippen LogP contribution in [0.2, 0.25) is 0 Å². The predicted molar refractivity (Wildman–Crippen MR) is 76.1 cm³/mol. The molecule has 0 unspecified atom stereocenters. The van der Waals surface area contributed by atoms with Crippen LogP contribution in [-0.4, -0.2) is 27.9 Å². The van der Waals surface area contributed by atoms with E-state index in [-0.39, 0.29) is 12.0 Å². The maximum atomic E-state index is 11.9. The Balaban J connectivity index is 2.11. The summed E-state index contributed by atoms with van der Waals surface area (Å²) in [5.74, 6) is -0.720. The Kier molecular flexibility index (Phi) is 4.19. The molecule has 0 aliphatic heterocycles. The zero-order valence-electron chi connectivity index (χ0n) is 11.4. The van der Waals surface area contributed by atoms with Crippen molar-refractivity contribution in [2.75, 3.05) is 5.32 Å². The fraction of sp³-hybridized carbons (Fsp3) is 0.308. The van der Waals surface area contributed by atoms with Crippen molar-refractivity contribution >= 4 is 28.3 Å². The predicted octanol–water partition coefficient (Wildman–Crippen LogP) is 2.60. The standard InChI is InChI=1S/C13H15N3O3S/c1-7(2)19-12(18)10-8(3)15-13(20-10)16-11(17)9-5-4-6-14-9/h4-7,14H,1-3H3,(H,15,16,17). The quantitative estimate of drug-likeness (QED) is 0.849. The van der Waals surface area contributed by atoms with E-state index in [9.17, 15) is 9.59 Å². The number of anilines is 1. The first-order valence-corrected chi connectivity index (χ1v) is 6.92. The largest absolute Gasteiger partial charge is 0.459 e. The molecule has 106 valence electrons. The van der Waals surface area contributed by atoms with Gasteiger partial charge in [-0.2, -0.15) is 0 Å². The van der Waals surface area contributed by atoms with Crippen LogP contribution in [0.25, 0.3) is 0 Å². The molecule has 0 aliphatic carbocycles. The van der Waals surface area contributed by atoms with Gasteiger partial charge in [0.05, 0.1) is 11.8 Å². The Morgan fingerprint density at radius 2 is 2.20 bits per heavy atom. The van der Waals surface area contributed by atoms with Crippen molar-refractivity contribution in [1.82, 2.24) is 9.97 Å². The lowest BCUT2D eigenvalue weighted by Crippen LogP contribution is -2.11. The number of nitrogens with one attached hydrogen (secondary N) is 2. The minimum atomic E-state index is -0.421. The van der Waals surface area contributed by atoms with E-state index in [2.05, 4.69) is 15.3 Å². The number of thiazole rings is 1. The van der Waals surface area contributed by atoms with Crippen LogP contribution in [0.5, 0.6) is 0 Å². The second-order valence-corrected chi connectivity index (χ2v) is 5.42. The molecule has 2 aromatic rings. The molecule has 2 rings (SSSR count). The summed E-state index contributed by atoms with van der Waals surface area (Å²) in [6, 6.07) is 3.39. The topological polar surface area (TPSA) is 84.1 Å². The number of amides is 1. The zero-order valence-corrected chi connectivity index (χ0v) is 12.2. The van der Waals surface area contributed by atoms with Crippen molar-refractivity contribution in [3.05, 3.63) is 34.6 Å². The highest BCUT2D eigenvalue weighted by molar-refractivity contribution is 7.17. The molecule has 20 heavy (non-hydrogen) atoms. The maximum Gasteiger partial charge on any atom is 0.350 e. The van der Waals surface area contributed by atoms with E-state index in [1.54, 1.807) is 39.1 Å². The van der Waals surface area contributed by atoms with Crippen LogP contribution in [0.3, 0.4) is 0 Å². The van der Waals surface area contributed by atoms with Crippen molar-refractivity contribution in [1.29, 1.82) is 0 Å². The van der Waals surface area contributed by atoms with E-state index in [1.165, 1.54) is 0 Å². The molecule has 6 nitrogen and oxygen atoms in total. The molecule has 7 heteroatoms. The lowest BCUT2D eigenvalue weighted by molar-refractivity contribution is 0.0382. The van der Waals surface area contributed by atoms with Gasteiger partial charge < -0.3 is 9.72 Å². The molecule has 0 aromatic carbocycles. The molecule has 0 saturated carbocycles. The molecule has 0 bridgehead atoms. The molecule has 1 amide bonds. The molecule has 2 N–H and O–H groups in total. The normalized spacial score (nSPS) is 10.6. The van der Waals surface area contributed by atoms with Crippen LogP contribution < -0.4 is 5.32 Å². The summed E-state index contributed by atoms with van der Waals surface area (Å²) >= 11 is 1.10. The first-order valence-electron chi connectivity index (χ1n) is 6.10. The number of hydrogen-bond acceptors (Lipinski definition) is 5. The second kappa shape index (κ2) is 5.87. The Bertz CT molecular complexity index is 617. The maximum absolute atomic E-state index is 11.9. The third-order valence-electron chi connectivity index (χ3n) is 2.39. The average Bonchev–Trinajstić information content (AvgIpc) is 2.97. The summed E-state index contributed by atoms with van der Waals surface area (Å²) < 4.78 is 5.12. The fourth-order valence-corrected chi connectivity index (χ4v) is 2.39. The van der Waals surface area contributed by atoms with Crippen LogP contribution in [0, 0.1) is 6.92 Å². The van der Waals surface area contributed by atoms with Gasteiger partial charge in [-0.05, 0) is 32.9 Å². The van der Waals surface area contributed by atoms with Crippen molar-refractivity contribution in [3.8, 4) is 0 Å². The summed E-state index contributed by atoms with van der Waals surface area (Å²) in [4.78, 5) is 31.0. The number of carbonyl (C=O) groups excluding carboxylic acids is 2. The third-order valence-corrected chi connectivity index (χ3v) is 3.44. The van der Waals surface area contributed by atoms with Gasteiger partial charge in [0.25, 0.3) is 5.91 Å². The molecule has 0 atom stereocenters. The second-order valence-electron chi connectivity index (χ2n) is 4.43. The molecular weight excluding hydrogens is 278 g/mol. The van der Waals surface area contributed by atoms with Crippen molar-refractivity contribution in [2.45, 2.75) is 26.9 Å². The third kappa shape index (κ3) is 3.24. The summed E-state index contributed by atoms with van der Waals surface area (Å²) in [5.41, 5.74) is 0.978. The van der Waals surface area contributed by atoms with Crippen LogP contribution in [-0.2, 0) is 4.74 Å². The number of rotatable bonds is 4. The van der Waals surface area contributed by atoms with Gasteiger partial charge in [-0.3, -0.25) is 10.1 Å². The molecule has 0 radical (unpaired) electrons. The van der Waals surface area contributed by atoms with Crippen LogP contribution in [0.1, 0.15) is 39.7 Å². The number of hydrogen-bond donors (Lipinski definition) is 2. The number of aromatic amines is 1. The van der Waals surface area contributed by atoms with Gasteiger partial charge in [0.2, 0.25) is 0 Å². The van der Waals surface area contributed by atoms with E-state index in [1.807, 2.05) is 0 Å². The van der Waals surface area contributed by atoms with Crippen LogP contribution >= 0.6 is 11.3 Å². The van der Waals surface area contributed by atoms with Crippen molar-refractivity contribution in [2.24, 2.45) is 0 Å². The summed E-state index contributed by atoms with van der Waals surface area (Å²) in [6.07, 6.45) is 1.47. The average molecular weight is 293 g/mol. The van der Waals surface area contributed by atoms with Gasteiger partial charge in [-0.1, -0.05) is 11.3 Å². The fourth-order valence-electron chi connectivity index (χ4n) is 1.54. The Morgan fingerprint density at radius 3 is 2.80 bits per heavy atom. The van der Waals surface area contributed by atoms with E-state index in [0.29, 0.717) is 21.4 Å². The number of esters is 1. The first kappa shape index (κ1) is 14.3. The monoisotopic (exact) mass is 293 g/mol. The number of ether oxygens (including phenoxy) is 1. The van der Waals surface area contributed by atoms with Gasteiger partial charge >= 0.3 is 5.97 Å². The summed E-state index contributed by atoms with van der Waals surface area (Å²) in [6.45, 7) is 5.27. The van der Waals surface area contributed by atoms with E-state index in [0.717, 1.165) is 11.3 Å². The minimum Gasteiger partial charge on any atom is -0.459 e. The lowest BCUT2D eigenvalue weighted by Gasteiger charge is -2.05. The van der Waals surface area contributed by atoms with Crippen LogP contribution in [0.4, 0.5) is 5.13 Å². The van der Waals surface area contributed by atoms with Gasteiger partial charge in [0.15, 0.2) is 5.13 Å². The Labute approximate surface area is 120 Å². The Hall–Kier alpha value is -2.15. The van der Waals surface area contributed by atoms with Crippen molar-refractivity contribution in [3.63, 3.8) is 0 Å². The summed E-state index contributed by atoms with van der Waals surface area (Å²) in [5, 5.41) is 3.02. The zero-order chi connectivity index (χ0) is 14.7. The Morgan fingerprint density at radius 1 is 1.45 bits per heavy atom. The number of aryl methyl sites for hydroxylation is 1. The van der Waals surface area contributed by atoms with Crippen LogP contribution in [0.15, 0.2) is 18.3 Å². The van der Waals surface area contributed by atoms with Gasteiger partial charge in [-0.25, -0.2) is 9.78 Å². The smallest absolute Gasteiger partial charge is 0.350 e. The first-order chi connectivity index (χ1) is 9.47. The van der Waals surface area contributed by atoms with Gasteiger partial charge in [0.1, 0.15) is 10.6 Å². The lowest BCUT2D eigenvalue weighted by atomic mass is 10.4. The number of H-pyrrole nitrogens is 1. The molecule has 0 fully saturated rings. The molecule has 2 aromatic heterocycles. The molecular formula is C13H15N3O3S. The van der Waals surface area contributed by atoms with Gasteiger partial charge in [-0.15, -0.1) is 0 Å². The molecule has 0 spiro atoms. The number of aromatic nitrogens is 2. The SMILES string of the molecule is Cc1nc(NC(=O)c2ccc[nH]2)sc1C(=O)OC(C)C. The summed E-state index contributed by atoms with van der Waals surface area (Å²) in [7, 11) is 0. The van der Waals surface area contributed by atoms with Crippen molar-refractivity contribution < 1.29 is 14.3 Å².